The zero-order chi connectivity index (χ0) is 35.4. The third kappa shape index (κ3) is 8.01. The number of benzene rings is 3. The summed E-state index contributed by atoms with van der Waals surface area (Å²) in [4.78, 5) is 25.2. The number of hydrogen-bond donors (Lipinski definition) is 2. The van der Waals surface area contributed by atoms with Crippen molar-refractivity contribution in [2.75, 3.05) is 12.3 Å². The smallest absolute Gasteiger partial charge is 0.392 e. The van der Waals surface area contributed by atoms with Gasteiger partial charge in [-0.25, -0.2) is 4.68 Å². The zero-order valence-corrected chi connectivity index (χ0v) is 28.2. The van der Waals surface area contributed by atoms with Crippen LogP contribution in [0, 0.1) is 5.92 Å². The van der Waals surface area contributed by atoms with E-state index in [9.17, 15) is 27.9 Å². The maximum Gasteiger partial charge on any atom is 0.471 e. The first-order valence-corrected chi connectivity index (χ1v) is 17.2. The molecule has 1 aromatic heterocycles. The van der Waals surface area contributed by atoms with Crippen LogP contribution in [-0.4, -0.2) is 72.6 Å². The molecule has 2 fully saturated rings. The third-order valence-corrected chi connectivity index (χ3v) is 10.1. The molecule has 0 saturated carbocycles. The molecule has 5 atom stereocenters. The number of hydrogen-bond acceptors (Lipinski definition) is 9. The van der Waals surface area contributed by atoms with Crippen molar-refractivity contribution in [3.05, 3.63) is 95.1 Å². The van der Waals surface area contributed by atoms with E-state index in [1.54, 1.807) is 11.7 Å². The van der Waals surface area contributed by atoms with E-state index in [4.69, 9.17) is 9.47 Å². The number of aliphatic hydroxyl groups excluding tert-OH is 1. The van der Waals surface area contributed by atoms with Crippen LogP contribution in [-0.2, 0) is 39.3 Å². The molecule has 2 aliphatic rings. The molecule has 2 amide bonds. The fourth-order valence-electron chi connectivity index (χ4n) is 6.26. The number of carbonyl (C=O) groups excluding carboxylic acids is 2. The normalized spacial score (nSPS) is 22.4. The molecule has 3 heterocycles. The van der Waals surface area contributed by atoms with Crippen LogP contribution >= 0.6 is 11.8 Å². The van der Waals surface area contributed by atoms with Crippen LogP contribution in [0.3, 0.4) is 0 Å². The molecule has 4 aromatic rings. The molecule has 2 aliphatic heterocycles. The molecular formula is C35H37F3N6O5S. The van der Waals surface area contributed by atoms with Gasteiger partial charge in [0.15, 0.2) is 6.29 Å². The Bertz CT molecular complexity index is 1790. The van der Waals surface area contributed by atoms with Gasteiger partial charge in [-0.1, -0.05) is 85.4 Å². The van der Waals surface area contributed by atoms with E-state index in [0.717, 1.165) is 33.4 Å². The second-order valence-corrected chi connectivity index (χ2v) is 13.4. The minimum Gasteiger partial charge on any atom is -0.392 e. The van der Waals surface area contributed by atoms with Crippen LogP contribution in [0.25, 0.3) is 11.1 Å². The molecule has 264 valence electrons. The summed E-state index contributed by atoms with van der Waals surface area (Å²) in [5.41, 5.74) is 5.16. The van der Waals surface area contributed by atoms with Crippen molar-refractivity contribution in [2.45, 2.75) is 68.8 Å². The third-order valence-electron chi connectivity index (χ3n) is 9.05. The van der Waals surface area contributed by atoms with Crippen molar-refractivity contribution in [2.24, 2.45) is 13.0 Å². The Labute approximate surface area is 291 Å². The number of rotatable bonds is 10. The lowest BCUT2D eigenvalue weighted by Gasteiger charge is -2.41. The molecule has 0 aliphatic carbocycles. The zero-order valence-electron chi connectivity index (χ0n) is 27.4. The van der Waals surface area contributed by atoms with E-state index >= 15 is 0 Å². The topological polar surface area (TPSA) is 132 Å². The fourth-order valence-corrected chi connectivity index (χ4v) is 7.27. The first-order valence-electron chi connectivity index (χ1n) is 16.2. The maximum atomic E-state index is 13.0. The van der Waals surface area contributed by atoms with E-state index in [-0.39, 0.29) is 44.2 Å². The van der Waals surface area contributed by atoms with Gasteiger partial charge in [-0.3, -0.25) is 9.59 Å². The summed E-state index contributed by atoms with van der Waals surface area (Å²) in [6, 6.07) is 21.9. The Hall–Kier alpha value is -4.31. The molecule has 15 heteroatoms. The highest BCUT2D eigenvalue weighted by Gasteiger charge is 2.47. The number of tetrazole rings is 1. The molecule has 6 rings (SSSR count). The lowest BCUT2D eigenvalue weighted by Crippen LogP contribution is -2.50. The molecule has 5 unspecified atom stereocenters. The van der Waals surface area contributed by atoms with Crippen LogP contribution in [0.2, 0.25) is 0 Å². The second-order valence-electron chi connectivity index (χ2n) is 12.4. The van der Waals surface area contributed by atoms with Crippen LogP contribution in [0.15, 0.2) is 78.0 Å². The molecule has 0 radical (unpaired) electrons. The average Bonchev–Trinajstić information content (AvgIpc) is 3.79. The van der Waals surface area contributed by atoms with Gasteiger partial charge < -0.3 is 24.8 Å². The van der Waals surface area contributed by atoms with Gasteiger partial charge in [0, 0.05) is 37.4 Å². The van der Waals surface area contributed by atoms with Gasteiger partial charge in [-0.2, -0.15) is 13.2 Å². The molecule has 0 bridgehead atoms. The summed E-state index contributed by atoms with van der Waals surface area (Å²) < 4.78 is 53.7. The molecule has 2 N–H and O–H groups in total. The van der Waals surface area contributed by atoms with E-state index in [0.29, 0.717) is 22.2 Å². The van der Waals surface area contributed by atoms with E-state index in [2.05, 4.69) is 27.8 Å². The number of amides is 2. The standard InChI is InChI=1S/C35H37F3N6O5S/c1-21-29(20-50-34-40-41-42-43(34)2)48-32(49-30(21)25-10-8-22(19-45)9-11-25)26-14-12-24(13-15-26)27-6-3-5-23(17-27)18-39-31(46)28-7-4-16-44(28)33(47)35(36,37)38/h3,5-6,8-15,17,21,28-30,32,45H,4,7,16,18-20H2,1-2H3,(H,39,46). The van der Waals surface area contributed by atoms with Gasteiger partial charge in [-0.15, -0.1) is 5.10 Å². The predicted molar refractivity (Wildman–Crippen MR) is 177 cm³/mol. The molecule has 0 spiro atoms. The van der Waals surface area contributed by atoms with Gasteiger partial charge in [0.1, 0.15) is 6.04 Å². The summed E-state index contributed by atoms with van der Waals surface area (Å²) >= 11 is 1.51. The highest BCUT2D eigenvalue weighted by atomic mass is 32.2. The Morgan fingerprint density at radius 3 is 2.42 bits per heavy atom. The first-order chi connectivity index (χ1) is 24.0. The van der Waals surface area contributed by atoms with Gasteiger partial charge in [0.25, 0.3) is 0 Å². The van der Waals surface area contributed by atoms with Crippen LogP contribution in [0.4, 0.5) is 13.2 Å². The van der Waals surface area contributed by atoms with E-state index in [1.807, 2.05) is 72.8 Å². The second kappa shape index (κ2) is 15.3. The van der Waals surface area contributed by atoms with Crippen molar-refractivity contribution >= 4 is 23.6 Å². The predicted octanol–water partition coefficient (Wildman–Crippen LogP) is 5.12. The SMILES string of the molecule is CC1C(CSc2nnnn2C)OC(c2ccc(-c3cccc(CNC(=O)C4CCCN4C(=O)C(F)(F)F)c3)cc2)OC1c1ccc(CO)cc1. The lowest BCUT2D eigenvalue weighted by atomic mass is 9.91. The lowest BCUT2D eigenvalue weighted by molar-refractivity contribution is -0.268. The number of aromatic nitrogens is 4. The largest absolute Gasteiger partial charge is 0.471 e. The number of carbonyl (C=O) groups is 2. The van der Waals surface area contributed by atoms with Crippen LogP contribution in [0.1, 0.15) is 54.4 Å². The average molecular weight is 711 g/mol. The van der Waals surface area contributed by atoms with Crippen molar-refractivity contribution in [1.29, 1.82) is 0 Å². The number of alkyl halides is 3. The number of nitrogens with zero attached hydrogens (tertiary/aromatic N) is 5. The van der Waals surface area contributed by atoms with Gasteiger partial charge in [0.2, 0.25) is 11.1 Å². The van der Waals surface area contributed by atoms with Gasteiger partial charge in [0.05, 0.1) is 18.8 Å². The number of thioether (sulfide) groups is 1. The molecule has 11 nitrogen and oxygen atoms in total. The highest BCUT2D eigenvalue weighted by Crippen LogP contribution is 2.43. The molecule has 50 heavy (non-hydrogen) atoms. The summed E-state index contributed by atoms with van der Waals surface area (Å²) in [5.74, 6) is -2.01. The minimum absolute atomic E-state index is 0.00992. The molecular weight excluding hydrogens is 673 g/mol. The first kappa shape index (κ1) is 35.5. The summed E-state index contributed by atoms with van der Waals surface area (Å²) in [6.07, 6.45) is -5.65. The Kier molecular flexibility index (Phi) is 10.9. The van der Waals surface area contributed by atoms with Crippen molar-refractivity contribution in [1.82, 2.24) is 30.4 Å². The van der Waals surface area contributed by atoms with Crippen molar-refractivity contribution < 1.29 is 37.3 Å². The fraction of sp³-hybridized carbons (Fsp3) is 0.400. The number of halogens is 3. The van der Waals surface area contributed by atoms with Crippen molar-refractivity contribution in [3.63, 3.8) is 0 Å². The summed E-state index contributed by atoms with van der Waals surface area (Å²) in [6.45, 7) is 2.04. The summed E-state index contributed by atoms with van der Waals surface area (Å²) in [7, 11) is 1.78. The highest BCUT2D eigenvalue weighted by molar-refractivity contribution is 7.99. The Morgan fingerprint density at radius 2 is 1.74 bits per heavy atom. The Balaban J connectivity index is 1.14. The van der Waals surface area contributed by atoms with Crippen molar-refractivity contribution in [3.8, 4) is 11.1 Å². The monoisotopic (exact) mass is 710 g/mol. The van der Waals surface area contributed by atoms with Crippen LogP contribution < -0.4 is 5.32 Å². The quantitative estimate of drug-likeness (QED) is 0.215. The van der Waals surface area contributed by atoms with E-state index in [1.165, 1.54) is 11.8 Å². The molecule has 3 aromatic carbocycles. The molecule has 2 saturated heterocycles. The maximum absolute atomic E-state index is 13.0. The Morgan fingerprint density at radius 1 is 1.00 bits per heavy atom. The van der Waals surface area contributed by atoms with Crippen LogP contribution in [0.5, 0.6) is 0 Å². The summed E-state index contributed by atoms with van der Waals surface area (Å²) in [5, 5.41) is 24.6. The van der Waals surface area contributed by atoms with E-state index < -0.39 is 30.3 Å². The van der Waals surface area contributed by atoms with Gasteiger partial charge in [-0.05, 0) is 57.2 Å². The number of likely N-dealkylation sites (tertiary alicyclic amines) is 1. The number of aryl methyl sites for hydroxylation is 1. The number of aliphatic hydroxyl groups is 1. The van der Waals surface area contributed by atoms with Gasteiger partial charge >= 0.3 is 12.1 Å². The minimum atomic E-state index is -5.02. The number of ether oxygens (including phenoxy) is 2. The number of nitrogens with one attached hydrogen (secondary N) is 1.